The number of halogens is 2. The van der Waals surface area contributed by atoms with E-state index in [4.69, 9.17) is 23.2 Å². The van der Waals surface area contributed by atoms with Gasteiger partial charge < -0.3 is 10.6 Å². The third-order valence-electron chi connectivity index (χ3n) is 3.55. The number of aromatic nitrogens is 2. The smallest absolute Gasteiger partial charge is 0.292 e. The van der Waals surface area contributed by atoms with Crippen LogP contribution in [-0.4, -0.2) is 27.7 Å². The lowest BCUT2D eigenvalue weighted by Gasteiger charge is -2.06. The van der Waals surface area contributed by atoms with Gasteiger partial charge in [0.15, 0.2) is 5.69 Å². The second-order valence-electron chi connectivity index (χ2n) is 5.32. The van der Waals surface area contributed by atoms with Crippen LogP contribution in [0.5, 0.6) is 0 Å². The highest BCUT2D eigenvalue weighted by Crippen LogP contribution is 2.26. The molecular formula is C18H14Cl2N4O2. The van der Waals surface area contributed by atoms with Gasteiger partial charge in [0.25, 0.3) is 11.8 Å². The molecule has 0 saturated carbocycles. The molecule has 0 spiro atoms. The lowest BCUT2D eigenvalue weighted by atomic mass is 10.3. The van der Waals surface area contributed by atoms with Crippen LogP contribution in [0.3, 0.4) is 0 Å². The van der Waals surface area contributed by atoms with Crippen LogP contribution in [-0.2, 0) is 0 Å². The van der Waals surface area contributed by atoms with Crippen molar-refractivity contribution >= 4 is 46.2 Å². The molecule has 0 unspecified atom stereocenters. The van der Waals surface area contributed by atoms with Gasteiger partial charge in [-0.05, 0) is 30.3 Å². The van der Waals surface area contributed by atoms with Gasteiger partial charge in [-0.3, -0.25) is 14.0 Å². The first-order valence-corrected chi connectivity index (χ1v) is 8.39. The summed E-state index contributed by atoms with van der Waals surface area (Å²) in [5, 5.41) is 6.10. The summed E-state index contributed by atoms with van der Waals surface area (Å²) < 4.78 is 1.54. The molecule has 0 aliphatic carbocycles. The van der Waals surface area contributed by atoms with Crippen LogP contribution >= 0.6 is 23.2 Å². The minimum atomic E-state index is -0.502. The van der Waals surface area contributed by atoms with Crippen LogP contribution in [0.2, 0.25) is 10.0 Å². The third kappa shape index (κ3) is 3.56. The number of anilines is 1. The van der Waals surface area contributed by atoms with E-state index >= 15 is 0 Å². The van der Waals surface area contributed by atoms with Gasteiger partial charge in [0.2, 0.25) is 5.82 Å². The number of nitrogens with one attached hydrogen (secondary N) is 2. The van der Waals surface area contributed by atoms with Crippen molar-refractivity contribution in [2.24, 2.45) is 0 Å². The number of nitrogens with zero attached hydrogens (tertiary/aromatic N) is 2. The summed E-state index contributed by atoms with van der Waals surface area (Å²) in [5.74, 6) is -0.828. The molecule has 26 heavy (non-hydrogen) atoms. The standard InChI is InChI=1S/C18H14Cl2N4O2/c1-2-8-21-17(25)15-14-5-3-4-9-24(14)16(23-15)18(26)22-13-7-6-11(19)10-12(13)20/h2-7,9-10H,1,8H2,(H,21,25)(H,22,26). The van der Waals surface area contributed by atoms with E-state index in [9.17, 15) is 9.59 Å². The number of fused-ring (bicyclic) bond motifs is 1. The first-order chi connectivity index (χ1) is 12.5. The van der Waals surface area contributed by atoms with Crippen LogP contribution in [0.1, 0.15) is 21.1 Å². The summed E-state index contributed by atoms with van der Waals surface area (Å²) in [6, 6.07) is 9.95. The Hall–Kier alpha value is -2.83. The van der Waals surface area contributed by atoms with Crippen LogP contribution in [0, 0.1) is 0 Å². The monoisotopic (exact) mass is 388 g/mol. The Labute approximate surface area is 159 Å². The minimum absolute atomic E-state index is 0.0652. The van der Waals surface area contributed by atoms with E-state index in [1.54, 1.807) is 47.0 Å². The Morgan fingerprint density at radius 2 is 2.00 bits per heavy atom. The zero-order valence-electron chi connectivity index (χ0n) is 13.5. The molecule has 0 aliphatic rings. The van der Waals surface area contributed by atoms with Gasteiger partial charge in [0.1, 0.15) is 0 Å². The molecular weight excluding hydrogens is 375 g/mol. The highest BCUT2D eigenvalue weighted by atomic mass is 35.5. The van der Waals surface area contributed by atoms with Crippen molar-refractivity contribution in [1.82, 2.24) is 14.7 Å². The predicted molar refractivity (Wildman–Crippen MR) is 102 cm³/mol. The normalized spacial score (nSPS) is 10.5. The molecule has 2 heterocycles. The second kappa shape index (κ2) is 7.59. The number of hydrogen-bond acceptors (Lipinski definition) is 3. The first-order valence-electron chi connectivity index (χ1n) is 7.64. The number of benzene rings is 1. The number of pyridine rings is 1. The fraction of sp³-hybridized carbons (Fsp3) is 0.0556. The topological polar surface area (TPSA) is 75.5 Å². The highest BCUT2D eigenvalue weighted by Gasteiger charge is 2.21. The number of carbonyl (C=O) groups is 2. The maximum absolute atomic E-state index is 12.7. The van der Waals surface area contributed by atoms with Crippen molar-refractivity contribution in [2.75, 3.05) is 11.9 Å². The Morgan fingerprint density at radius 1 is 1.19 bits per heavy atom. The van der Waals surface area contributed by atoms with Gasteiger partial charge in [-0.1, -0.05) is 35.3 Å². The van der Waals surface area contributed by atoms with E-state index in [0.29, 0.717) is 27.8 Å². The fourth-order valence-electron chi connectivity index (χ4n) is 2.38. The Morgan fingerprint density at radius 3 is 2.73 bits per heavy atom. The molecule has 3 rings (SSSR count). The van der Waals surface area contributed by atoms with Crippen LogP contribution in [0.4, 0.5) is 5.69 Å². The van der Waals surface area contributed by atoms with Crippen molar-refractivity contribution < 1.29 is 9.59 Å². The molecule has 0 bridgehead atoms. The van der Waals surface area contributed by atoms with Gasteiger partial charge in [-0.15, -0.1) is 6.58 Å². The molecule has 2 aromatic heterocycles. The van der Waals surface area contributed by atoms with Gasteiger partial charge in [-0.2, -0.15) is 0 Å². The maximum Gasteiger partial charge on any atom is 0.292 e. The zero-order chi connectivity index (χ0) is 18.7. The average Bonchev–Trinajstić information content (AvgIpc) is 3.02. The fourth-order valence-corrected chi connectivity index (χ4v) is 2.84. The first kappa shape index (κ1) is 18.0. The average molecular weight is 389 g/mol. The molecule has 8 heteroatoms. The lowest BCUT2D eigenvalue weighted by Crippen LogP contribution is -2.24. The molecule has 2 N–H and O–H groups in total. The lowest BCUT2D eigenvalue weighted by molar-refractivity contribution is 0.0955. The van der Waals surface area contributed by atoms with E-state index < -0.39 is 11.8 Å². The van der Waals surface area contributed by atoms with Crippen LogP contribution in [0.25, 0.3) is 5.52 Å². The number of rotatable bonds is 5. The van der Waals surface area contributed by atoms with Gasteiger partial charge in [-0.25, -0.2) is 4.98 Å². The molecule has 0 saturated heterocycles. The summed E-state index contributed by atoms with van der Waals surface area (Å²) in [6.07, 6.45) is 3.22. The molecule has 0 fully saturated rings. The number of hydrogen-bond donors (Lipinski definition) is 2. The van der Waals surface area contributed by atoms with Crippen molar-refractivity contribution in [2.45, 2.75) is 0 Å². The number of imidazole rings is 1. The van der Waals surface area contributed by atoms with Crippen LogP contribution < -0.4 is 10.6 Å². The molecule has 6 nitrogen and oxygen atoms in total. The largest absolute Gasteiger partial charge is 0.347 e. The van der Waals surface area contributed by atoms with E-state index in [-0.39, 0.29) is 11.5 Å². The van der Waals surface area contributed by atoms with E-state index in [0.717, 1.165) is 0 Å². The summed E-state index contributed by atoms with van der Waals surface area (Å²) in [5.41, 5.74) is 1.06. The molecule has 1 aromatic carbocycles. The van der Waals surface area contributed by atoms with Crippen molar-refractivity contribution in [3.63, 3.8) is 0 Å². The molecule has 3 aromatic rings. The quantitative estimate of drug-likeness (QED) is 0.652. The third-order valence-corrected chi connectivity index (χ3v) is 4.10. The molecule has 2 amide bonds. The van der Waals surface area contributed by atoms with Gasteiger partial charge in [0, 0.05) is 17.8 Å². The number of amides is 2. The minimum Gasteiger partial charge on any atom is -0.347 e. The van der Waals surface area contributed by atoms with E-state index in [1.807, 2.05) is 0 Å². The summed E-state index contributed by atoms with van der Waals surface area (Å²) in [6.45, 7) is 3.86. The molecule has 0 aliphatic heterocycles. The summed E-state index contributed by atoms with van der Waals surface area (Å²) >= 11 is 12.0. The SMILES string of the molecule is C=CCNC(=O)c1nc(C(=O)Nc2ccc(Cl)cc2Cl)n2ccccc12. The molecule has 0 radical (unpaired) electrons. The Bertz CT molecular complexity index is 1010. The van der Waals surface area contributed by atoms with Crippen molar-refractivity contribution in [1.29, 1.82) is 0 Å². The summed E-state index contributed by atoms with van der Waals surface area (Å²) in [4.78, 5) is 29.2. The van der Waals surface area contributed by atoms with Crippen molar-refractivity contribution in [3.05, 3.63) is 76.8 Å². The maximum atomic E-state index is 12.7. The van der Waals surface area contributed by atoms with Gasteiger partial charge in [0.05, 0.1) is 16.2 Å². The zero-order valence-corrected chi connectivity index (χ0v) is 15.0. The number of carbonyl (C=O) groups excluding carboxylic acids is 2. The second-order valence-corrected chi connectivity index (χ2v) is 6.16. The van der Waals surface area contributed by atoms with Gasteiger partial charge >= 0.3 is 0 Å². The highest BCUT2D eigenvalue weighted by molar-refractivity contribution is 6.36. The Balaban J connectivity index is 1.97. The van der Waals surface area contributed by atoms with Crippen LogP contribution in [0.15, 0.2) is 55.3 Å². The molecule has 0 atom stereocenters. The Kier molecular flexibility index (Phi) is 5.25. The van der Waals surface area contributed by atoms with Crippen molar-refractivity contribution in [3.8, 4) is 0 Å². The predicted octanol–water partition coefficient (Wildman–Crippen LogP) is 3.81. The van der Waals surface area contributed by atoms with E-state index in [2.05, 4.69) is 22.2 Å². The van der Waals surface area contributed by atoms with E-state index in [1.165, 1.54) is 6.07 Å². The summed E-state index contributed by atoms with van der Waals surface area (Å²) in [7, 11) is 0. The molecule has 132 valence electrons.